The Balaban J connectivity index is 1.73. The molecule has 6 nitrogen and oxygen atoms in total. The summed E-state index contributed by atoms with van der Waals surface area (Å²) in [5.74, 6) is -0.188. The van der Waals surface area contributed by atoms with Crippen LogP contribution in [0, 0.1) is 0 Å². The molecule has 3 aromatic heterocycles. The van der Waals surface area contributed by atoms with Gasteiger partial charge < -0.3 is 9.88 Å². The first kappa shape index (κ1) is 11.8. The van der Waals surface area contributed by atoms with Gasteiger partial charge in [-0.2, -0.15) is 0 Å². The van der Waals surface area contributed by atoms with Crippen molar-refractivity contribution in [2.45, 2.75) is 6.54 Å². The van der Waals surface area contributed by atoms with Gasteiger partial charge in [0.2, 0.25) is 0 Å². The maximum absolute atomic E-state index is 12.0. The summed E-state index contributed by atoms with van der Waals surface area (Å²) < 4.78 is 2.79. The second-order valence-electron chi connectivity index (χ2n) is 4.08. The predicted octanol–water partition coefficient (Wildman–Crippen LogP) is 1.35. The molecule has 0 saturated carbocycles. The molecule has 19 heavy (non-hydrogen) atoms. The molecule has 0 atom stereocenters. The number of rotatable bonds is 3. The zero-order chi connectivity index (χ0) is 13.2. The number of carbonyl (C=O) groups is 1. The number of aromatic nitrogens is 4. The van der Waals surface area contributed by atoms with E-state index in [4.69, 9.17) is 0 Å². The fraction of sp³-hybridized carbons (Fsp3) is 0.167. The largest absolute Gasteiger partial charge is 0.344 e. The molecule has 3 heterocycles. The second kappa shape index (κ2) is 4.77. The summed E-state index contributed by atoms with van der Waals surface area (Å²) >= 11 is 1.36. The Bertz CT molecular complexity index is 699. The molecule has 0 aliphatic rings. The van der Waals surface area contributed by atoms with Crippen LogP contribution < -0.4 is 5.32 Å². The molecule has 0 fully saturated rings. The standard InChI is InChI=1S/C12H11N5OS/c1-17-6-8(15-7-17)4-14-11(18)12-16-9-5-13-3-2-10(9)19-12/h2-3,5-7H,4H2,1H3,(H,14,18). The molecule has 0 aromatic carbocycles. The molecule has 0 aliphatic heterocycles. The lowest BCUT2D eigenvalue weighted by molar-refractivity contribution is 0.0950. The van der Waals surface area contributed by atoms with E-state index in [0.717, 1.165) is 15.9 Å². The van der Waals surface area contributed by atoms with Gasteiger partial charge in [-0.05, 0) is 6.07 Å². The van der Waals surface area contributed by atoms with Crippen LogP contribution in [-0.4, -0.2) is 25.4 Å². The summed E-state index contributed by atoms with van der Waals surface area (Å²) in [6.07, 6.45) is 6.91. The van der Waals surface area contributed by atoms with E-state index in [1.165, 1.54) is 11.3 Å². The monoisotopic (exact) mass is 273 g/mol. The van der Waals surface area contributed by atoms with Crippen molar-refractivity contribution in [1.82, 2.24) is 24.8 Å². The smallest absolute Gasteiger partial charge is 0.280 e. The first-order chi connectivity index (χ1) is 9.22. The lowest BCUT2D eigenvalue weighted by Gasteiger charge is -1.99. The van der Waals surface area contributed by atoms with Gasteiger partial charge >= 0.3 is 0 Å². The number of hydrogen-bond donors (Lipinski definition) is 1. The maximum Gasteiger partial charge on any atom is 0.280 e. The number of fused-ring (bicyclic) bond motifs is 1. The SMILES string of the molecule is Cn1cnc(CNC(=O)c2nc3cnccc3s2)c1. The average Bonchev–Trinajstić information content (AvgIpc) is 3.01. The highest BCUT2D eigenvalue weighted by Crippen LogP contribution is 2.20. The minimum atomic E-state index is -0.188. The molecule has 96 valence electrons. The van der Waals surface area contributed by atoms with Gasteiger partial charge in [0.15, 0.2) is 5.01 Å². The Morgan fingerprint density at radius 2 is 2.42 bits per heavy atom. The predicted molar refractivity (Wildman–Crippen MR) is 71.8 cm³/mol. The van der Waals surface area contributed by atoms with E-state index < -0.39 is 0 Å². The summed E-state index contributed by atoms with van der Waals surface area (Å²) in [6, 6.07) is 1.85. The number of pyridine rings is 1. The number of hydrogen-bond acceptors (Lipinski definition) is 5. The first-order valence-electron chi connectivity index (χ1n) is 5.68. The molecule has 7 heteroatoms. The molecule has 0 spiro atoms. The van der Waals surface area contributed by atoms with Crippen molar-refractivity contribution >= 4 is 27.5 Å². The summed E-state index contributed by atoms with van der Waals surface area (Å²) in [6.45, 7) is 0.397. The number of nitrogens with one attached hydrogen (secondary N) is 1. The molecule has 1 N–H and O–H groups in total. The van der Waals surface area contributed by atoms with E-state index in [2.05, 4.69) is 20.3 Å². The van der Waals surface area contributed by atoms with Crippen molar-refractivity contribution in [3.8, 4) is 0 Å². The Morgan fingerprint density at radius 3 is 3.16 bits per heavy atom. The third kappa shape index (κ3) is 2.45. The van der Waals surface area contributed by atoms with E-state index in [1.54, 1.807) is 18.7 Å². The van der Waals surface area contributed by atoms with Gasteiger partial charge in [-0.15, -0.1) is 11.3 Å². The lowest BCUT2D eigenvalue weighted by atomic mass is 10.4. The Labute approximate surface area is 113 Å². The van der Waals surface area contributed by atoms with Crippen LogP contribution >= 0.6 is 11.3 Å². The van der Waals surface area contributed by atoms with Crippen LogP contribution in [0.15, 0.2) is 31.0 Å². The van der Waals surface area contributed by atoms with Crippen molar-refractivity contribution in [3.63, 3.8) is 0 Å². The topological polar surface area (TPSA) is 72.7 Å². The molecule has 0 aliphatic carbocycles. The highest BCUT2D eigenvalue weighted by molar-refractivity contribution is 7.20. The number of thiazole rings is 1. The molecule has 0 unspecified atom stereocenters. The van der Waals surface area contributed by atoms with Crippen molar-refractivity contribution in [3.05, 3.63) is 41.7 Å². The summed E-state index contributed by atoms with van der Waals surface area (Å²) in [5.41, 5.74) is 1.56. The van der Waals surface area contributed by atoms with Gasteiger partial charge in [0.1, 0.15) is 5.52 Å². The highest BCUT2D eigenvalue weighted by Gasteiger charge is 2.12. The zero-order valence-electron chi connectivity index (χ0n) is 10.2. The van der Waals surface area contributed by atoms with Crippen LogP contribution in [0.5, 0.6) is 0 Å². The second-order valence-corrected chi connectivity index (χ2v) is 5.11. The Morgan fingerprint density at radius 1 is 1.53 bits per heavy atom. The zero-order valence-corrected chi connectivity index (χ0v) is 11.0. The van der Waals surface area contributed by atoms with Crippen molar-refractivity contribution < 1.29 is 4.79 Å². The van der Waals surface area contributed by atoms with Gasteiger partial charge in [-0.1, -0.05) is 0 Å². The minimum Gasteiger partial charge on any atom is -0.344 e. The summed E-state index contributed by atoms with van der Waals surface area (Å²) in [4.78, 5) is 24.4. The third-order valence-corrected chi connectivity index (χ3v) is 3.61. The van der Waals surface area contributed by atoms with Crippen LogP contribution in [-0.2, 0) is 13.6 Å². The Kier molecular flexibility index (Phi) is 2.96. The van der Waals surface area contributed by atoms with Gasteiger partial charge in [-0.25, -0.2) is 9.97 Å². The molecule has 0 saturated heterocycles. The van der Waals surface area contributed by atoms with Gasteiger partial charge in [0.25, 0.3) is 5.91 Å². The van der Waals surface area contributed by atoms with Crippen molar-refractivity contribution in [2.24, 2.45) is 7.05 Å². The van der Waals surface area contributed by atoms with E-state index in [9.17, 15) is 4.79 Å². The van der Waals surface area contributed by atoms with E-state index in [-0.39, 0.29) is 5.91 Å². The quantitative estimate of drug-likeness (QED) is 0.782. The number of carbonyl (C=O) groups excluding carboxylic acids is 1. The Hall–Kier alpha value is -2.28. The van der Waals surface area contributed by atoms with Crippen molar-refractivity contribution in [2.75, 3.05) is 0 Å². The fourth-order valence-corrected chi connectivity index (χ4v) is 2.53. The van der Waals surface area contributed by atoms with Gasteiger partial charge in [-0.3, -0.25) is 9.78 Å². The van der Waals surface area contributed by atoms with Crippen LogP contribution in [0.25, 0.3) is 10.2 Å². The molecular formula is C12H11N5OS. The third-order valence-electron chi connectivity index (χ3n) is 2.57. The van der Waals surface area contributed by atoms with E-state index >= 15 is 0 Å². The van der Waals surface area contributed by atoms with E-state index in [1.807, 2.05) is 23.9 Å². The summed E-state index contributed by atoms with van der Waals surface area (Å²) in [5, 5.41) is 3.25. The summed E-state index contributed by atoms with van der Waals surface area (Å²) in [7, 11) is 1.89. The van der Waals surface area contributed by atoms with Crippen LogP contribution in [0.1, 0.15) is 15.5 Å². The number of nitrogens with zero attached hydrogens (tertiary/aromatic N) is 4. The molecule has 3 rings (SSSR count). The van der Waals surface area contributed by atoms with Crippen molar-refractivity contribution in [1.29, 1.82) is 0 Å². The molecular weight excluding hydrogens is 262 g/mol. The highest BCUT2D eigenvalue weighted by atomic mass is 32.1. The normalized spacial score (nSPS) is 10.8. The molecule has 1 amide bonds. The maximum atomic E-state index is 12.0. The van der Waals surface area contributed by atoms with Crippen LogP contribution in [0.4, 0.5) is 0 Å². The molecule has 3 aromatic rings. The average molecular weight is 273 g/mol. The molecule has 0 radical (unpaired) electrons. The van der Waals surface area contributed by atoms with E-state index in [0.29, 0.717) is 11.6 Å². The van der Waals surface area contributed by atoms with Crippen LogP contribution in [0.3, 0.4) is 0 Å². The number of imidazole rings is 1. The van der Waals surface area contributed by atoms with Gasteiger partial charge in [0.05, 0.1) is 29.5 Å². The van der Waals surface area contributed by atoms with Crippen LogP contribution in [0.2, 0.25) is 0 Å². The lowest BCUT2D eigenvalue weighted by Crippen LogP contribution is -2.22. The first-order valence-corrected chi connectivity index (χ1v) is 6.49. The van der Waals surface area contributed by atoms with Gasteiger partial charge in [0, 0.05) is 19.4 Å². The number of amides is 1. The molecule has 0 bridgehead atoms. The minimum absolute atomic E-state index is 0.188. The fourth-order valence-electron chi connectivity index (χ4n) is 1.68. The number of aryl methyl sites for hydroxylation is 1.